The van der Waals surface area contributed by atoms with Gasteiger partial charge >= 0.3 is 0 Å². The van der Waals surface area contributed by atoms with Gasteiger partial charge in [0.2, 0.25) is 0 Å². The van der Waals surface area contributed by atoms with E-state index in [9.17, 15) is 4.39 Å². The third-order valence-corrected chi connectivity index (χ3v) is 2.56. The van der Waals surface area contributed by atoms with Crippen LogP contribution in [0.1, 0.15) is 5.69 Å². The molecule has 0 amide bonds. The zero-order valence-corrected chi connectivity index (χ0v) is 7.07. The van der Waals surface area contributed by atoms with Crippen LogP contribution in [-0.4, -0.2) is 4.37 Å². The molecule has 2 aromatic rings. The van der Waals surface area contributed by atoms with Crippen molar-refractivity contribution in [1.29, 1.82) is 0 Å². The zero-order chi connectivity index (χ0) is 8.55. The molecule has 62 valence electrons. The molecule has 1 aromatic heterocycles. The minimum Gasteiger partial charge on any atom is -0.399 e. The molecule has 2 rings (SSSR count). The van der Waals surface area contributed by atoms with Crippen molar-refractivity contribution < 1.29 is 4.39 Å². The number of nitrogens with two attached hydrogens (primary N) is 1. The normalized spacial score (nSPS) is 10.8. The van der Waals surface area contributed by atoms with Crippen LogP contribution in [0, 0.1) is 0 Å². The predicted octanol–water partition coefficient (Wildman–Crippen LogP) is 2.35. The van der Waals surface area contributed by atoms with E-state index < -0.39 is 6.67 Å². The maximum atomic E-state index is 12.3. The van der Waals surface area contributed by atoms with Gasteiger partial charge in [-0.2, -0.15) is 4.37 Å². The second-order valence-electron chi connectivity index (χ2n) is 2.52. The van der Waals surface area contributed by atoms with Crippen LogP contribution in [-0.2, 0) is 6.67 Å². The molecule has 1 heterocycles. The topological polar surface area (TPSA) is 38.9 Å². The summed E-state index contributed by atoms with van der Waals surface area (Å²) in [6.07, 6.45) is 0. The predicted molar refractivity (Wildman–Crippen MR) is 48.8 cm³/mol. The van der Waals surface area contributed by atoms with Crippen molar-refractivity contribution in [2.75, 3.05) is 5.73 Å². The fraction of sp³-hybridized carbons (Fsp3) is 0.125. The number of rotatable bonds is 1. The molecule has 1 aromatic carbocycles. The van der Waals surface area contributed by atoms with Gasteiger partial charge in [0.25, 0.3) is 0 Å². The van der Waals surface area contributed by atoms with Crippen molar-refractivity contribution in [3.8, 4) is 0 Å². The first-order valence-electron chi connectivity index (χ1n) is 3.51. The van der Waals surface area contributed by atoms with Crippen molar-refractivity contribution in [1.82, 2.24) is 4.37 Å². The van der Waals surface area contributed by atoms with Gasteiger partial charge in [0.15, 0.2) is 0 Å². The smallest absolute Gasteiger partial charge is 0.133 e. The van der Waals surface area contributed by atoms with E-state index in [-0.39, 0.29) is 0 Å². The molecule has 0 radical (unpaired) electrons. The minimum atomic E-state index is -0.524. The maximum Gasteiger partial charge on any atom is 0.133 e. The summed E-state index contributed by atoms with van der Waals surface area (Å²) < 4.78 is 17.3. The first-order valence-corrected chi connectivity index (χ1v) is 4.28. The summed E-state index contributed by atoms with van der Waals surface area (Å²) in [5.41, 5.74) is 6.70. The van der Waals surface area contributed by atoms with E-state index >= 15 is 0 Å². The number of anilines is 1. The third kappa shape index (κ3) is 1.04. The highest BCUT2D eigenvalue weighted by Gasteiger charge is 2.04. The standard InChI is InChI=1S/C8H7FN2S/c9-4-7-6-3-5(10)1-2-8(6)12-11-7/h1-3H,4,10H2. The molecule has 0 atom stereocenters. The number of halogens is 1. The molecule has 0 aliphatic rings. The number of alkyl halides is 1. The third-order valence-electron chi connectivity index (χ3n) is 1.70. The summed E-state index contributed by atoms with van der Waals surface area (Å²) in [5.74, 6) is 0. The van der Waals surface area contributed by atoms with Gasteiger partial charge in [0.1, 0.15) is 6.67 Å². The molecule has 2 N–H and O–H groups in total. The Hall–Kier alpha value is -1.16. The molecule has 12 heavy (non-hydrogen) atoms. The molecule has 0 saturated heterocycles. The van der Waals surface area contributed by atoms with Crippen molar-refractivity contribution in [3.63, 3.8) is 0 Å². The largest absolute Gasteiger partial charge is 0.399 e. The number of hydrogen-bond donors (Lipinski definition) is 1. The van der Waals surface area contributed by atoms with Crippen molar-refractivity contribution >= 4 is 27.3 Å². The van der Waals surface area contributed by atoms with E-state index in [4.69, 9.17) is 5.73 Å². The summed E-state index contributed by atoms with van der Waals surface area (Å²) in [6.45, 7) is -0.524. The highest BCUT2D eigenvalue weighted by molar-refractivity contribution is 7.13. The first kappa shape index (κ1) is 7.49. The highest BCUT2D eigenvalue weighted by atomic mass is 32.1. The summed E-state index contributed by atoms with van der Waals surface area (Å²) in [6, 6.07) is 5.41. The van der Waals surface area contributed by atoms with Crippen LogP contribution < -0.4 is 5.73 Å². The number of fused-ring (bicyclic) bond motifs is 1. The molecule has 0 saturated carbocycles. The molecular formula is C8H7FN2S. The van der Waals surface area contributed by atoms with E-state index in [1.807, 2.05) is 6.07 Å². The van der Waals surface area contributed by atoms with E-state index in [0.717, 1.165) is 10.1 Å². The summed E-state index contributed by atoms with van der Waals surface area (Å²) in [7, 11) is 0. The van der Waals surface area contributed by atoms with Crippen LogP contribution in [0.15, 0.2) is 18.2 Å². The monoisotopic (exact) mass is 182 g/mol. The highest BCUT2D eigenvalue weighted by Crippen LogP contribution is 2.25. The SMILES string of the molecule is Nc1ccc2snc(CF)c2c1. The van der Waals surface area contributed by atoms with Gasteiger partial charge in [-0.1, -0.05) is 0 Å². The van der Waals surface area contributed by atoms with Crippen LogP contribution in [0.3, 0.4) is 0 Å². The minimum absolute atomic E-state index is 0.488. The number of benzene rings is 1. The second kappa shape index (κ2) is 2.71. The van der Waals surface area contributed by atoms with Crippen molar-refractivity contribution in [2.45, 2.75) is 6.67 Å². The zero-order valence-electron chi connectivity index (χ0n) is 6.25. The summed E-state index contributed by atoms with van der Waals surface area (Å²) >= 11 is 1.30. The van der Waals surface area contributed by atoms with Gasteiger partial charge in [-0.15, -0.1) is 0 Å². The average Bonchev–Trinajstić information content (AvgIpc) is 2.46. The Bertz CT molecular complexity index is 410. The number of nitrogens with zero attached hydrogens (tertiary/aromatic N) is 1. The summed E-state index contributed by atoms with van der Waals surface area (Å²) in [5, 5.41) is 0.836. The Kier molecular flexibility index (Phi) is 1.69. The van der Waals surface area contributed by atoms with Crippen LogP contribution in [0.25, 0.3) is 10.1 Å². The Morgan fingerprint density at radius 1 is 1.50 bits per heavy atom. The van der Waals surface area contributed by atoms with Crippen LogP contribution >= 0.6 is 11.5 Å². The molecule has 4 heteroatoms. The molecule has 0 aliphatic carbocycles. The summed E-state index contributed by atoms with van der Waals surface area (Å²) in [4.78, 5) is 0. The molecule has 0 bridgehead atoms. The lowest BCUT2D eigenvalue weighted by molar-refractivity contribution is 0.481. The maximum absolute atomic E-state index is 12.3. The number of nitrogen functional groups attached to an aromatic ring is 1. The lowest BCUT2D eigenvalue weighted by atomic mass is 10.2. The van der Waals surface area contributed by atoms with Gasteiger partial charge in [-0.3, -0.25) is 0 Å². The first-order chi connectivity index (χ1) is 5.81. The van der Waals surface area contributed by atoms with E-state index in [1.165, 1.54) is 11.5 Å². The van der Waals surface area contributed by atoms with Gasteiger partial charge in [-0.25, -0.2) is 4.39 Å². The van der Waals surface area contributed by atoms with Gasteiger partial charge in [-0.05, 0) is 29.7 Å². The van der Waals surface area contributed by atoms with Crippen molar-refractivity contribution in [3.05, 3.63) is 23.9 Å². The van der Waals surface area contributed by atoms with Gasteiger partial charge in [0.05, 0.1) is 10.4 Å². The van der Waals surface area contributed by atoms with Crippen LogP contribution in [0.2, 0.25) is 0 Å². The van der Waals surface area contributed by atoms with E-state index in [0.29, 0.717) is 11.4 Å². The Balaban J connectivity index is 2.75. The fourth-order valence-electron chi connectivity index (χ4n) is 1.10. The van der Waals surface area contributed by atoms with Gasteiger partial charge in [0, 0.05) is 11.1 Å². The lowest BCUT2D eigenvalue weighted by Gasteiger charge is -1.92. The average molecular weight is 182 g/mol. The molecule has 0 unspecified atom stereocenters. The van der Waals surface area contributed by atoms with Crippen molar-refractivity contribution in [2.24, 2.45) is 0 Å². The quantitative estimate of drug-likeness (QED) is 0.687. The molecule has 0 fully saturated rings. The van der Waals surface area contributed by atoms with E-state index in [1.54, 1.807) is 12.1 Å². The molecule has 2 nitrogen and oxygen atoms in total. The van der Waals surface area contributed by atoms with Crippen LogP contribution in [0.4, 0.5) is 10.1 Å². The molecular weight excluding hydrogens is 175 g/mol. The Labute approximate surface area is 73.0 Å². The van der Waals surface area contributed by atoms with Crippen LogP contribution in [0.5, 0.6) is 0 Å². The Morgan fingerprint density at radius 3 is 3.08 bits per heavy atom. The fourth-order valence-corrected chi connectivity index (χ4v) is 1.86. The molecule has 0 aliphatic heterocycles. The van der Waals surface area contributed by atoms with Gasteiger partial charge < -0.3 is 5.73 Å². The lowest BCUT2D eigenvalue weighted by Crippen LogP contribution is -1.83. The van der Waals surface area contributed by atoms with E-state index in [2.05, 4.69) is 4.37 Å². The number of aromatic nitrogens is 1. The number of hydrogen-bond acceptors (Lipinski definition) is 3. The Morgan fingerprint density at radius 2 is 2.33 bits per heavy atom. The molecule has 0 spiro atoms. The second-order valence-corrected chi connectivity index (χ2v) is 3.32.